The Balaban J connectivity index is 1.88. The summed E-state index contributed by atoms with van der Waals surface area (Å²) in [5, 5.41) is 24.2. The van der Waals surface area contributed by atoms with E-state index in [1.165, 1.54) is 0 Å². The predicted octanol–water partition coefficient (Wildman–Crippen LogP) is 2.04. The molecular formula is C22H28N2O4. The highest BCUT2D eigenvalue weighted by Crippen LogP contribution is 2.26. The van der Waals surface area contributed by atoms with Crippen molar-refractivity contribution < 1.29 is 19.7 Å². The maximum Gasteiger partial charge on any atom is 0.242 e. The number of ether oxygens (including phenoxy) is 1. The number of aliphatic hydroxyl groups is 2. The molecule has 1 amide bonds. The van der Waals surface area contributed by atoms with E-state index in [9.17, 15) is 15.0 Å². The van der Waals surface area contributed by atoms with Crippen LogP contribution in [0.4, 0.5) is 0 Å². The third-order valence-electron chi connectivity index (χ3n) is 5.20. The molecule has 1 aliphatic rings. The Hall–Kier alpha value is -2.41. The van der Waals surface area contributed by atoms with Gasteiger partial charge in [-0.2, -0.15) is 0 Å². The second-order valence-electron chi connectivity index (χ2n) is 7.04. The van der Waals surface area contributed by atoms with Crippen molar-refractivity contribution in [2.45, 2.75) is 31.0 Å². The molecule has 28 heavy (non-hydrogen) atoms. The summed E-state index contributed by atoms with van der Waals surface area (Å²) in [4.78, 5) is 15.0. The van der Waals surface area contributed by atoms with Gasteiger partial charge in [0.2, 0.25) is 5.91 Å². The molecule has 0 unspecified atom stereocenters. The molecule has 0 radical (unpaired) electrons. The predicted molar refractivity (Wildman–Crippen MR) is 107 cm³/mol. The van der Waals surface area contributed by atoms with Gasteiger partial charge < -0.3 is 19.8 Å². The zero-order valence-corrected chi connectivity index (χ0v) is 16.1. The summed E-state index contributed by atoms with van der Waals surface area (Å²) in [6.07, 6.45) is 0.868. The zero-order chi connectivity index (χ0) is 19.9. The van der Waals surface area contributed by atoms with Gasteiger partial charge in [0, 0.05) is 13.1 Å². The smallest absolute Gasteiger partial charge is 0.242 e. The number of nitrogens with zero attached hydrogens (tertiary/aromatic N) is 1. The number of carbonyl (C=O) groups excluding carboxylic acids is 1. The van der Waals surface area contributed by atoms with Crippen LogP contribution in [0, 0.1) is 0 Å². The highest BCUT2D eigenvalue weighted by Gasteiger charge is 2.34. The SMILES string of the molecule is COc1cccc([C@@H](O)[C@H](N[C@H](CO)c2ccccc2)C(=O)N2CCCC2)c1. The number of carbonyl (C=O) groups is 1. The standard InChI is InChI=1S/C22H28N2O4/c1-28-18-11-7-10-17(14-18)21(26)20(22(27)24-12-5-6-13-24)23-19(15-25)16-8-3-2-4-9-16/h2-4,7-11,14,19-21,23,25-26H,5-6,12-13,15H2,1H3/t19-,20+,21-/m1/s1. The Labute approximate surface area is 165 Å². The molecular weight excluding hydrogens is 356 g/mol. The van der Waals surface area contributed by atoms with Crippen LogP contribution in [0.25, 0.3) is 0 Å². The van der Waals surface area contributed by atoms with Gasteiger partial charge in [0.1, 0.15) is 17.9 Å². The summed E-state index contributed by atoms with van der Waals surface area (Å²) in [7, 11) is 1.56. The Morgan fingerprint density at radius 1 is 1.11 bits per heavy atom. The summed E-state index contributed by atoms with van der Waals surface area (Å²) in [6, 6.07) is 15.2. The quantitative estimate of drug-likeness (QED) is 0.649. The van der Waals surface area contributed by atoms with Crippen LogP contribution in [-0.2, 0) is 4.79 Å². The molecule has 0 bridgehead atoms. The number of nitrogens with one attached hydrogen (secondary N) is 1. The fourth-order valence-corrected chi connectivity index (χ4v) is 3.61. The van der Waals surface area contributed by atoms with Crippen LogP contribution in [0.1, 0.15) is 36.1 Å². The third kappa shape index (κ3) is 4.70. The van der Waals surface area contributed by atoms with Crippen LogP contribution in [0.2, 0.25) is 0 Å². The monoisotopic (exact) mass is 384 g/mol. The first kappa shape index (κ1) is 20.3. The first-order valence-electron chi connectivity index (χ1n) is 9.66. The molecule has 6 nitrogen and oxygen atoms in total. The maximum atomic E-state index is 13.2. The van der Waals surface area contributed by atoms with Gasteiger partial charge in [0.15, 0.2) is 0 Å². The zero-order valence-electron chi connectivity index (χ0n) is 16.1. The molecule has 1 saturated heterocycles. The molecule has 1 aliphatic heterocycles. The topological polar surface area (TPSA) is 82.0 Å². The fourth-order valence-electron chi connectivity index (χ4n) is 3.61. The summed E-state index contributed by atoms with van der Waals surface area (Å²) < 4.78 is 5.25. The number of benzene rings is 2. The average molecular weight is 384 g/mol. The molecule has 0 spiro atoms. The molecule has 150 valence electrons. The number of aliphatic hydroxyl groups excluding tert-OH is 2. The van der Waals surface area contributed by atoms with Crippen molar-refractivity contribution in [3.05, 3.63) is 65.7 Å². The minimum Gasteiger partial charge on any atom is -0.497 e. The lowest BCUT2D eigenvalue weighted by Gasteiger charge is -2.31. The van der Waals surface area contributed by atoms with E-state index < -0.39 is 18.2 Å². The molecule has 1 fully saturated rings. The van der Waals surface area contributed by atoms with Crippen LogP contribution >= 0.6 is 0 Å². The van der Waals surface area contributed by atoms with Gasteiger partial charge in [-0.1, -0.05) is 42.5 Å². The van der Waals surface area contributed by atoms with Crippen molar-refractivity contribution in [2.24, 2.45) is 0 Å². The average Bonchev–Trinajstić information content (AvgIpc) is 3.29. The van der Waals surface area contributed by atoms with Crippen LogP contribution in [0.15, 0.2) is 54.6 Å². The van der Waals surface area contributed by atoms with E-state index in [1.807, 2.05) is 30.3 Å². The number of methoxy groups -OCH3 is 1. The van der Waals surface area contributed by atoms with Crippen LogP contribution in [0.5, 0.6) is 5.75 Å². The summed E-state index contributed by atoms with van der Waals surface area (Å²) >= 11 is 0. The Bertz CT molecular complexity index is 762. The van der Waals surface area contributed by atoms with Crippen LogP contribution < -0.4 is 10.1 Å². The second-order valence-corrected chi connectivity index (χ2v) is 7.04. The van der Waals surface area contributed by atoms with E-state index in [0.717, 1.165) is 18.4 Å². The molecule has 0 aliphatic carbocycles. The lowest BCUT2D eigenvalue weighted by Crippen LogP contribution is -2.50. The van der Waals surface area contributed by atoms with Crippen molar-refractivity contribution in [2.75, 3.05) is 26.8 Å². The van der Waals surface area contributed by atoms with Crippen LogP contribution in [-0.4, -0.2) is 53.9 Å². The van der Waals surface area contributed by atoms with E-state index in [1.54, 1.807) is 36.3 Å². The Morgan fingerprint density at radius 2 is 1.79 bits per heavy atom. The van der Waals surface area contributed by atoms with E-state index in [-0.39, 0.29) is 12.5 Å². The van der Waals surface area contributed by atoms with Gasteiger partial charge in [-0.25, -0.2) is 0 Å². The van der Waals surface area contributed by atoms with Crippen molar-refractivity contribution >= 4 is 5.91 Å². The van der Waals surface area contributed by atoms with E-state index in [4.69, 9.17) is 4.74 Å². The van der Waals surface area contributed by atoms with Gasteiger partial charge in [0.05, 0.1) is 19.8 Å². The number of rotatable bonds is 8. The third-order valence-corrected chi connectivity index (χ3v) is 5.20. The highest BCUT2D eigenvalue weighted by molar-refractivity contribution is 5.83. The summed E-state index contributed by atoms with van der Waals surface area (Å²) in [5.41, 5.74) is 1.45. The van der Waals surface area contributed by atoms with E-state index in [0.29, 0.717) is 24.4 Å². The number of amides is 1. The van der Waals surface area contributed by atoms with Crippen molar-refractivity contribution in [1.82, 2.24) is 10.2 Å². The maximum absolute atomic E-state index is 13.2. The Morgan fingerprint density at radius 3 is 2.43 bits per heavy atom. The molecule has 2 aromatic rings. The first-order valence-corrected chi connectivity index (χ1v) is 9.66. The molecule has 1 heterocycles. The van der Waals surface area contributed by atoms with Crippen molar-refractivity contribution in [1.29, 1.82) is 0 Å². The molecule has 0 saturated carbocycles. The van der Waals surface area contributed by atoms with Gasteiger partial charge in [0.25, 0.3) is 0 Å². The Kier molecular flexibility index (Phi) is 7.03. The van der Waals surface area contributed by atoms with Gasteiger partial charge >= 0.3 is 0 Å². The molecule has 3 atom stereocenters. The normalized spacial score (nSPS) is 17.2. The van der Waals surface area contributed by atoms with E-state index in [2.05, 4.69) is 5.32 Å². The lowest BCUT2D eigenvalue weighted by atomic mass is 9.98. The van der Waals surface area contributed by atoms with Gasteiger partial charge in [-0.05, 0) is 36.1 Å². The highest BCUT2D eigenvalue weighted by atomic mass is 16.5. The lowest BCUT2D eigenvalue weighted by molar-refractivity contribution is -0.135. The molecule has 0 aromatic heterocycles. The van der Waals surface area contributed by atoms with Gasteiger partial charge in [-0.3, -0.25) is 10.1 Å². The second kappa shape index (κ2) is 9.68. The largest absolute Gasteiger partial charge is 0.497 e. The van der Waals surface area contributed by atoms with Crippen LogP contribution in [0.3, 0.4) is 0 Å². The first-order chi connectivity index (χ1) is 13.6. The number of likely N-dealkylation sites (tertiary alicyclic amines) is 1. The number of hydrogen-bond donors (Lipinski definition) is 3. The number of hydrogen-bond acceptors (Lipinski definition) is 5. The minimum absolute atomic E-state index is 0.151. The minimum atomic E-state index is -1.07. The molecule has 3 rings (SSSR count). The van der Waals surface area contributed by atoms with Crippen molar-refractivity contribution in [3.63, 3.8) is 0 Å². The summed E-state index contributed by atoms with van der Waals surface area (Å²) in [5.74, 6) is 0.466. The molecule has 6 heteroatoms. The molecule has 3 N–H and O–H groups in total. The summed E-state index contributed by atoms with van der Waals surface area (Å²) in [6.45, 7) is 1.20. The fraction of sp³-hybridized carbons (Fsp3) is 0.409. The van der Waals surface area contributed by atoms with Gasteiger partial charge in [-0.15, -0.1) is 0 Å². The van der Waals surface area contributed by atoms with Crippen molar-refractivity contribution in [3.8, 4) is 5.75 Å². The molecule has 2 aromatic carbocycles. The van der Waals surface area contributed by atoms with E-state index >= 15 is 0 Å².